The number of esters is 1. The predicted octanol–water partition coefficient (Wildman–Crippen LogP) is 2.18. The Morgan fingerprint density at radius 1 is 1.30 bits per heavy atom. The maximum absolute atomic E-state index is 12.4. The number of ether oxygens (including phenoxy) is 1. The van der Waals surface area contributed by atoms with Crippen molar-refractivity contribution < 1.29 is 9.53 Å². The first-order valence-electron chi connectivity index (χ1n) is 8.17. The number of unbranched alkanes of at least 4 members (excludes halogenated alkanes) is 2. The lowest BCUT2D eigenvalue weighted by atomic mass is 9.91. The number of nitrogens with one attached hydrogen (secondary N) is 1. The average molecular weight is 282 g/mol. The van der Waals surface area contributed by atoms with E-state index >= 15 is 0 Å². The van der Waals surface area contributed by atoms with Gasteiger partial charge in [0.05, 0.1) is 7.11 Å². The summed E-state index contributed by atoms with van der Waals surface area (Å²) in [5.74, 6) is 0.401. The molecule has 0 radical (unpaired) electrons. The third-order valence-corrected chi connectivity index (χ3v) is 4.53. The van der Waals surface area contributed by atoms with Gasteiger partial charge in [-0.15, -0.1) is 0 Å². The molecule has 0 spiro atoms. The zero-order valence-electron chi connectivity index (χ0n) is 13.3. The second-order valence-corrected chi connectivity index (χ2v) is 6.60. The van der Waals surface area contributed by atoms with E-state index in [-0.39, 0.29) is 5.97 Å². The highest BCUT2D eigenvalue weighted by Gasteiger charge is 2.54. The lowest BCUT2D eigenvalue weighted by molar-refractivity contribution is -0.150. The van der Waals surface area contributed by atoms with Crippen LogP contribution >= 0.6 is 0 Å². The van der Waals surface area contributed by atoms with E-state index in [9.17, 15) is 4.79 Å². The van der Waals surface area contributed by atoms with Gasteiger partial charge >= 0.3 is 5.97 Å². The monoisotopic (exact) mass is 282 g/mol. The molecule has 4 heteroatoms. The normalized spacial score (nSPS) is 21.8. The summed E-state index contributed by atoms with van der Waals surface area (Å²) in [5.41, 5.74) is -0.461. The molecule has 0 heterocycles. The molecular weight excluding hydrogens is 252 g/mol. The van der Waals surface area contributed by atoms with Gasteiger partial charge in [-0.3, -0.25) is 5.32 Å². The second kappa shape index (κ2) is 6.90. The van der Waals surface area contributed by atoms with Crippen LogP contribution in [-0.2, 0) is 9.53 Å². The Morgan fingerprint density at radius 2 is 2.00 bits per heavy atom. The van der Waals surface area contributed by atoms with Crippen LogP contribution in [-0.4, -0.2) is 49.7 Å². The molecule has 0 aliphatic heterocycles. The fourth-order valence-corrected chi connectivity index (χ4v) is 3.07. The summed E-state index contributed by atoms with van der Waals surface area (Å²) in [7, 11) is 3.65. The van der Waals surface area contributed by atoms with Gasteiger partial charge in [-0.1, -0.05) is 19.8 Å². The Kier molecular flexibility index (Phi) is 5.44. The van der Waals surface area contributed by atoms with E-state index in [0.717, 1.165) is 25.9 Å². The summed E-state index contributed by atoms with van der Waals surface area (Å²) in [6.45, 7) is 4.06. The van der Waals surface area contributed by atoms with Crippen LogP contribution in [0.3, 0.4) is 0 Å². The van der Waals surface area contributed by atoms with Crippen LogP contribution in [0.2, 0.25) is 0 Å². The molecule has 2 aliphatic carbocycles. The smallest absolute Gasteiger partial charge is 0.327 e. The van der Waals surface area contributed by atoms with E-state index in [0.29, 0.717) is 12.0 Å². The van der Waals surface area contributed by atoms with Crippen molar-refractivity contribution in [3.63, 3.8) is 0 Å². The Labute approximate surface area is 123 Å². The van der Waals surface area contributed by atoms with Crippen molar-refractivity contribution >= 4 is 5.97 Å². The molecule has 0 aromatic heterocycles. The minimum absolute atomic E-state index is 0.0609. The minimum Gasteiger partial charge on any atom is -0.468 e. The van der Waals surface area contributed by atoms with Crippen LogP contribution in [0.4, 0.5) is 0 Å². The van der Waals surface area contributed by atoms with Gasteiger partial charge in [-0.2, -0.15) is 0 Å². The number of hydrogen-bond donors (Lipinski definition) is 1. The van der Waals surface area contributed by atoms with Crippen molar-refractivity contribution in [3.8, 4) is 0 Å². The van der Waals surface area contributed by atoms with Crippen LogP contribution < -0.4 is 5.32 Å². The van der Waals surface area contributed by atoms with Gasteiger partial charge in [-0.25, -0.2) is 4.79 Å². The third-order valence-electron chi connectivity index (χ3n) is 4.53. The van der Waals surface area contributed by atoms with Crippen molar-refractivity contribution in [3.05, 3.63) is 0 Å². The first-order chi connectivity index (χ1) is 9.62. The number of hydrogen-bond acceptors (Lipinski definition) is 4. The molecule has 1 atom stereocenters. The van der Waals surface area contributed by atoms with E-state index in [4.69, 9.17) is 4.74 Å². The summed E-state index contributed by atoms with van der Waals surface area (Å²) in [4.78, 5) is 14.7. The van der Waals surface area contributed by atoms with Gasteiger partial charge in [-0.05, 0) is 51.6 Å². The van der Waals surface area contributed by atoms with Crippen molar-refractivity contribution in [2.75, 3.05) is 27.2 Å². The van der Waals surface area contributed by atoms with Crippen LogP contribution in [0.15, 0.2) is 0 Å². The van der Waals surface area contributed by atoms with Gasteiger partial charge in [0.25, 0.3) is 0 Å². The molecule has 1 unspecified atom stereocenters. The van der Waals surface area contributed by atoms with Gasteiger partial charge in [0.15, 0.2) is 0 Å². The summed E-state index contributed by atoms with van der Waals surface area (Å²) in [6.07, 6.45) is 8.40. The highest BCUT2D eigenvalue weighted by molar-refractivity contribution is 5.82. The number of nitrogens with zero attached hydrogens (tertiary/aromatic N) is 1. The Hall–Kier alpha value is -0.610. The molecule has 1 N–H and O–H groups in total. The quantitative estimate of drug-likeness (QED) is 0.492. The van der Waals surface area contributed by atoms with Crippen molar-refractivity contribution in [2.45, 2.75) is 63.5 Å². The van der Waals surface area contributed by atoms with Gasteiger partial charge < -0.3 is 9.64 Å². The van der Waals surface area contributed by atoms with E-state index < -0.39 is 5.54 Å². The molecule has 0 saturated heterocycles. The number of carbonyl (C=O) groups excluding carboxylic acids is 1. The fraction of sp³-hybridized carbons (Fsp3) is 0.938. The van der Waals surface area contributed by atoms with E-state index in [1.807, 2.05) is 0 Å². The second-order valence-electron chi connectivity index (χ2n) is 6.60. The molecule has 0 aromatic rings. The first kappa shape index (κ1) is 15.8. The van der Waals surface area contributed by atoms with Crippen molar-refractivity contribution in [1.82, 2.24) is 10.2 Å². The molecule has 116 valence electrons. The Balaban J connectivity index is 1.98. The number of rotatable bonds is 10. The molecule has 0 aromatic carbocycles. The average Bonchev–Trinajstić information content (AvgIpc) is 3.28. The SMILES string of the molecule is CCCCCN(C)CC(NC1CC1)(C(=O)OC)C1CC1. The molecule has 0 bridgehead atoms. The Morgan fingerprint density at radius 3 is 2.50 bits per heavy atom. The van der Waals surface area contributed by atoms with Gasteiger partial charge in [0.2, 0.25) is 0 Å². The summed E-state index contributed by atoms with van der Waals surface area (Å²) >= 11 is 0. The number of likely N-dealkylation sites (N-methyl/N-ethyl adjacent to an activating group) is 1. The zero-order chi connectivity index (χ0) is 14.6. The zero-order valence-corrected chi connectivity index (χ0v) is 13.3. The Bertz CT molecular complexity index is 326. The molecule has 2 rings (SSSR count). The van der Waals surface area contributed by atoms with Crippen LogP contribution in [0, 0.1) is 5.92 Å². The third kappa shape index (κ3) is 3.95. The standard InChI is InChI=1S/C16H30N2O2/c1-4-5-6-11-18(2)12-16(13-7-8-13,15(19)20-3)17-14-9-10-14/h13-14,17H,4-12H2,1-3H3. The number of methoxy groups -OCH3 is 1. The summed E-state index contributed by atoms with van der Waals surface area (Å²) in [5, 5.41) is 3.62. The van der Waals surface area contributed by atoms with Crippen LogP contribution in [0.5, 0.6) is 0 Å². The van der Waals surface area contributed by atoms with Gasteiger partial charge in [0.1, 0.15) is 5.54 Å². The summed E-state index contributed by atoms with van der Waals surface area (Å²) < 4.78 is 5.14. The fourth-order valence-electron chi connectivity index (χ4n) is 3.07. The predicted molar refractivity (Wildman–Crippen MR) is 80.7 cm³/mol. The molecule has 2 aliphatic rings. The molecule has 2 saturated carbocycles. The largest absolute Gasteiger partial charge is 0.468 e. The van der Waals surface area contributed by atoms with E-state index in [1.54, 1.807) is 0 Å². The highest BCUT2D eigenvalue weighted by atomic mass is 16.5. The van der Waals surface area contributed by atoms with Gasteiger partial charge in [0, 0.05) is 12.6 Å². The lowest BCUT2D eigenvalue weighted by Gasteiger charge is -2.36. The van der Waals surface area contributed by atoms with E-state index in [2.05, 4.69) is 24.2 Å². The maximum Gasteiger partial charge on any atom is 0.327 e. The highest BCUT2D eigenvalue weighted by Crippen LogP contribution is 2.42. The van der Waals surface area contributed by atoms with Crippen LogP contribution in [0.25, 0.3) is 0 Å². The van der Waals surface area contributed by atoms with Crippen molar-refractivity contribution in [1.29, 1.82) is 0 Å². The molecule has 0 amide bonds. The van der Waals surface area contributed by atoms with Crippen LogP contribution in [0.1, 0.15) is 51.9 Å². The topological polar surface area (TPSA) is 41.6 Å². The molecular formula is C16H30N2O2. The molecule has 2 fully saturated rings. The number of carbonyl (C=O) groups is 1. The molecule has 4 nitrogen and oxygen atoms in total. The maximum atomic E-state index is 12.4. The van der Waals surface area contributed by atoms with Crippen molar-refractivity contribution in [2.24, 2.45) is 5.92 Å². The first-order valence-corrected chi connectivity index (χ1v) is 8.17. The lowest BCUT2D eigenvalue weighted by Crippen LogP contribution is -2.61. The van der Waals surface area contributed by atoms with E-state index in [1.165, 1.54) is 39.2 Å². The summed E-state index contributed by atoms with van der Waals surface area (Å²) in [6, 6.07) is 0.527. The minimum atomic E-state index is -0.461. The molecule has 20 heavy (non-hydrogen) atoms.